The summed E-state index contributed by atoms with van der Waals surface area (Å²) in [5.74, 6) is 0.910. The minimum atomic E-state index is 0.240. The van der Waals surface area contributed by atoms with Gasteiger partial charge in [-0.3, -0.25) is 9.69 Å². The standard InChI is InChI=1S/C16H22N2OS/c19-16-8-15(20)12-18(16)11-14-6-7-17(10-14)9-13-4-2-1-3-5-13/h1-5,14-15,20H,6-12H2. The van der Waals surface area contributed by atoms with Gasteiger partial charge in [-0.25, -0.2) is 0 Å². The van der Waals surface area contributed by atoms with Crippen LogP contribution >= 0.6 is 12.6 Å². The molecular formula is C16H22N2OS. The largest absolute Gasteiger partial charge is 0.341 e. The van der Waals surface area contributed by atoms with E-state index in [1.165, 1.54) is 12.0 Å². The predicted molar refractivity (Wildman–Crippen MR) is 83.8 cm³/mol. The first-order chi connectivity index (χ1) is 9.70. The van der Waals surface area contributed by atoms with E-state index in [1.807, 2.05) is 4.90 Å². The molecule has 1 amide bonds. The van der Waals surface area contributed by atoms with Crippen molar-refractivity contribution < 1.29 is 4.79 Å². The first kappa shape index (κ1) is 14.0. The van der Waals surface area contributed by atoms with Crippen molar-refractivity contribution >= 4 is 18.5 Å². The fourth-order valence-corrected chi connectivity index (χ4v) is 3.64. The molecule has 2 fully saturated rings. The summed E-state index contributed by atoms with van der Waals surface area (Å²) in [6.45, 7) is 5.03. The van der Waals surface area contributed by atoms with Crippen molar-refractivity contribution in [3.05, 3.63) is 35.9 Å². The van der Waals surface area contributed by atoms with Gasteiger partial charge in [0, 0.05) is 37.8 Å². The van der Waals surface area contributed by atoms with Crippen molar-refractivity contribution in [1.29, 1.82) is 0 Å². The summed E-state index contributed by atoms with van der Waals surface area (Å²) in [6.07, 6.45) is 1.82. The number of carbonyl (C=O) groups excluding carboxylic acids is 1. The normalized spacial score (nSPS) is 27.4. The van der Waals surface area contributed by atoms with Crippen molar-refractivity contribution in [2.75, 3.05) is 26.2 Å². The third kappa shape index (κ3) is 3.36. The number of carbonyl (C=O) groups is 1. The average molecular weight is 290 g/mol. The van der Waals surface area contributed by atoms with Gasteiger partial charge in [0.25, 0.3) is 0 Å². The topological polar surface area (TPSA) is 23.6 Å². The number of benzene rings is 1. The second-order valence-corrected chi connectivity index (χ2v) is 6.76. The van der Waals surface area contributed by atoms with E-state index in [-0.39, 0.29) is 11.2 Å². The number of hydrogen-bond acceptors (Lipinski definition) is 3. The molecule has 4 heteroatoms. The highest BCUT2D eigenvalue weighted by Gasteiger charge is 2.31. The lowest BCUT2D eigenvalue weighted by Gasteiger charge is -2.21. The maximum atomic E-state index is 11.8. The van der Waals surface area contributed by atoms with Crippen molar-refractivity contribution in [2.45, 2.75) is 24.6 Å². The third-order valence-corrected chi connectivity index (χ3v) is 4.64. The van der Waals surface area contributed by atoms with E-state index in [0.29, 0.717) is 12.3 Å². The van der Waals surface area contributed by atoms with Crippen molar-refractivity contribution in [1.82, 2.24) is 9.80 Å². The van der Waals surface area contributed by atoms with Gasteiger partial charge in [0.05, 0.1) is 0 Å². The molecule has 3 nitrogen and oxygen atoms in total. The molecule has 2 aliphatic heterocycles. The highest BCUT2D eigenvalue weighted by molar-refractivity contribution is 7.81. The van der Waals surface area contributed by atoms with Crippen LogP contribution < -0.4 is 0 Å². The number of nitrogens with zero attached hydrogens (tertiary/aromatic N) is 2. The third-order valence-electron chi connectivity index (χ3n) is 4.29. The Hall–Kier alpha value is -1.00. The summed E-state index contributed by atoms with van der Waals surface area (Å²) in [5, 5.41) is 0.240. The molecule has 3 rings (SSSR count). The van der Waals surface area contributed by atoms with E-state index >= 15 is 0 Å². The molecule has 1 aromatic carbocycles. The molecule has 2 saturated heterocycles. The molecule has 2 heterocycles. The number of rotatable bonds is 4. The zero-order valence-corrected chi connectivity index (χ0v) is 12.6. The monoisotopic (exact) mass is 290 g/mol. The van der Waals surface area contributed by atoms with E-state index in [4.69, 9.17) is 0 Å². The van der Waals surface area contributed by atoms with Crippen LogP contribution in [0.4, 0.5) is 0 Å². The number of thiol groups is 1. The number of hydrogen-bond donors (Lipinski definition) is 1. The Morgan fingerprint density at radius 1 is 1.20 bits per heavy atom. The summed E-state index contributed by atoms with van der Waals surface area (Å²) >= 11 is 4.42. The molecule has 0 bridgehead atoms. The van der Waals surface area contributed by atoms with Crippen LogP contribution in [0.5, 0.6) is 0 Å². The average Bonchev–Trinajstić information content (AvgIpc) is 2.98. The van der Waals surface area contributed by atoms with Crippen molar-refractivity contribution in [2.24, 2.45) is 5.92 Å². The molecule has 0 aliphatic carbocycles. The van der Waals surface area contributed by atoms with Gasteiger partial charge in [0.2, 0.25) is 5.91 Å². The summed E-state index contributed by atoms with van der Waals surface area (Å²) < 4.78 is 0. The zero-order chi connectivity index (χ0) is 13.9. The molecule has 0 aromatic heterocycles. The fourth-order valence-electron chi connectivity index (χ4n) is 3.29. The smallest absolute Gasteiger partial charge is 0.223 e. The highest BCUT2D eigenvalue weighted by Crippen LogP contribution is 2.23. The number of likely N-dealkylation sites (tertiary alicyclic amines) is 2. The predicted octanol–water partition coefficient (Wildman–Crippen LogP) is 2.04. The lowest BCUT2D eigenvalue weighted by atomic mass is 10.1. The Bertz CT molecular complexity index is 465. The molecular weight excluding hydrogens is 268 g/mol. The van der Waals surface area contributed by atoms with Crippen LogP contribution in [0.15, 0.2) is 30.3 Å². The zero-order valence-electron chi connectivity index (χ0n) is 11.7. The maximum absolute atomic E-state index is 11.8. The van der Waals surface area contributed by atoms with Crippen LogP contribution in [0.2, 0.25) is 0 Å². The molecule has 2 unspecified atom stereocenters. The molecule has 0 N–H and O–H groups in total. The van der Waals surface area contributed by atoms with E-state index in [2.05, 4.69) is 47.9 Å². The molecule has 0 saturated carbocycles. The van der Waals surface area contributed by atoms with Crippen LogP contribution in [0.25, 0.3) is 0 Å². The van der Waals surface area contributed by atoms with E-state index in [0.717, 1.165) is 32.7 Å². The molecule has 2 aliphatic rings. The molecule has 1 aromatic rings. The van der Waals surface area contributed by atoms with Gasteiger partial charge < -0.3 is 4.90 Å². The molecule has 108 valence electrons. The van der Waals surface area contributed by atoms with Gasteiger partial charge in [0.1, 0.15) is 0 Å². The summed E-state index contributed by atoms with van der Waals surface area (Å²) in [5.41, 5.74) is 1.38. The van der Waals surface area contributed by atoms with Crippen LogP contribution in [-0.2, 0) is 11.3 Å². The fraction of sp³-hybridized carbons (Fsp3) is 0.562. The summed E-state index contributed by atoms with van der Waals surface area (Å²) in [6, 6.07) is 10.6. The second kappa shape index (κ2) is 6.19. The van der Waals surface area contributed by atoms with Crippen LogP contribution in [-0.4, -0.2) is 47.1 Å². The van der Waals surface area contributed by atoms with E-state index in [9.17, 15) is 4.79 Å². The van der Waals surface area contributed by atoms with Gasteiger partial charge in [-0.05, 0) is 24.4 Å². The van der Waals surface area contributed by atoms with Gasteiger partial charge in [-0.2, -0.15) is 12.6 Å². The molecule has 0 spiro atoms. The Morgan fingerprint density at radius 2 is 2.00 bits per heavy atom. The highest BCUT2D eigenvalue weighted by atomic mass is 32.1. The molecule has 20 heavy (non-hydrogen) atoms. The SMILES string of the molecule is O=C1CC(S)CN1CC1CCN(Cc2ccccc2)C1. The van der Waals surface area contributed by atoms with Crippen molar-refractivity contribution in [3.8, 4) is 0 Å². The van der Waals surface area contributed by atoms with E-state index < -0.39 is 0 Å². The Kier molecular flexibility index (Phi) is 4.32. The lowest BCUT2D eigenvalue weighted by molar-refractivity contribution is -0.128. The Balaban J connectivity index is 1.49. The van der Waals surface area contributed by atoms with Gasteiger partial charge >= 0.3 is 0 Å². The van der Waals surface area contributed by atoms with E-state index in [1.54, 1.807) is 0 Å². The quantitative estimate of drug-likeness (QED) is 0.858. The summed E-state index contributed by atoms with van der Waals surface area (Å²) in [7, 11) is 0. The lowest BCUT2D eigenvalue weighted by Crippen LogP contribution is -2.32. The molecule has 2 atom stereocenters. The summed E-state index contributed by atoms with van der Waals surface area (Å²) in [4.78, 5) is 16.3. The van der Waals surface area contributed by atoms with Crippen LogP contribution in [0, 0.1) is 5.92 Å². The minimum absolute atomic E-state index is 0.240. The van der Waals surface area contributed by atoms with Gasteiger partial charge in [0.15, 0.2) is 0 Å². The second-order valence-electron chi connectivity index (χ2n) is 6.03. The van der Waals surface area contributed by atoms with Gasteiger partial charge in [-0.1, -0.05) is 30.3 Å². The molecule has 0 radical (unpaired) electrons. The number of amides is 1. The first-order valence-electron chi connectivity index (χ1n) is 7.43. The van der Waals surface area contributed by atoms with Gasteiger partial charge in [-0.15, -0.1) is 0 Å². The Morgan fingerprint density at radius 3 is 2.70 bits per heavy atom. The van der Waals surface area contributed by atoms with Crippen LogP contribution in [0.3, 0.4) is 0 Å². The van der Waals surface area contributed by atoms with Crippen LogP contribution in [0.1, 0.15) is 18.4 Å². The maximum Gasteiger partial charge on any atom is 0.223 e. The minimum Gasteiger partial charge on any atom is -0.341 e. The van der Waals surface area contributed by atoms with Crippen molar-refractivity contribution in [3.63, 3.8) is 0 Å². The first-order valence-corrected chi connectivity index (χ1v) is 7.94. The Labute approximate surface area is 126 Å².